The maximum atomic E-state index is 13.6. The van der Waals surface area contributed by atoms with Crippen LogP contribution in [0.25, 0.3) is 0 Å². The molecule has 0 unspecified atom stereocenters. The third kappa shape index (κ3) is 10.6. The lowest BCUT2D eigenvalue weighted by atomic mass is 10.1. The normalized spacial score (nSPS) is 12.4. The van der Waals surface area contributed by atoms with E-state index in [2.05, 4.69) is 13.8 Å². The largest absolute Gasteiger partial charge is 0.504 e. The van der Waals surface area contributed by atoms with Gasteiger partial charge in [0.05, 0.1) is 9.79 Å². The van der Waals surface area contributed by atoms with Gasteiger partial charge in [0.1, 0.15) is 0 Å². The average molecular weight is 629 g/mol. The summed E-state index contributed by atoms with van der Waals surface area (Å²) in [4.78, 5) is -0.393. The van der Waals surface area contributed by atoms with E-state index >= 15 is 0 Å². The van der Waals surface area contributed by atoms with Gasteiger partial charge in [-0.2, -0.15) is 8.61 Å². The van der Waals surface area contributed by atoms with Gasteiger partial charge >= 0.3 is 0 Å². The van der Waals surface area contributed by atoms with Crippen molar-refractivity contribution in [2.45, 2.75) is 101 Å². The summed E-state index contributed by atoms with van der Waals surface area (Å²) in [7, 11) is -8.25. The van der Waals surface area contributed by atoms with Gasteiger partial charge in [0.25, 0.3) is 0 Å². The zero-order chi connectivity index (χ0) is 31.2. The second-order valence-corrected chi connectivity index (χ2v) is 14.5. The highest BCUT2D eigenvalue weighted by molar-refractivity contribution is 7.89. The summed E-state index contributed by atoms with van der Waals surface area (Å²) in [5.41, 5.74) is 0. The van der Waals surface area contributed by atoms with Crippen LogP contribution in [0.15, 0.2) is 46.2 Å². The maximum Gasteiger partial charge on any atom is 0.243 e. The van der Waals surface area contributed by atoms with E-state index in [1.54, 1.807) is 0 Å². The molecule has 10 nitrogen and oxygen atoms in total. The van der Waals surface area contributed by atoms with Gasteiger partial charge in [-0.25, -0.2) is 16.8 Å². The smallest absolute Gasteiger partial charge is 0.243 e. The first-order chi connectivity index (χ1) is 19.9. The van der Waals surface area contributed by atoms with Gasteiger partial charge in [0.15, 0.2) is 23.0 Å². The predicted octanol–water partition coefficient (Wildman–Crippen LogP) is 5.91. The fourth-order valence-electron chi connectivity index (χ4n) is 4.69. The Balaban J connectivity index is 2.30. The van der Waals surface area contributed by atoms with Crippen LogP contribution in [0.5, 0.6) is 23.0 Å². The fraction of sp³-hybridized carbons (Fsp3) is 0.600. The number of aromatic hydroxyl groups is 4. The molecule has 0 saturated heterocycles. The number of hydrogen-bond acceptors (Lipinski definition) is 8. The lowest BCUT2D eigenvalue weighted by Gasteiger charge is -2.27. The zero-order valence-corrected chi connectivity index (χ0v) is 26.5. The molecule has 0 radical (unpaired) electrons. The maximum absolute atomic E-state index is 13.6. The number of phenols is 4. The molecule has 0 atom stereocenters. The molecule has 2 rings (SSSR count). The van der Waals surface area contributed by atoms with Gasteiger partial charge in [-0.05, 0) is 37.1 Å². The minimum atomic E-state index is -4.12. The van der Waals surface area contributed by atoms with E-state index in [4.69, 9.17) is 0 Å². The summed E-state index contributed by atoms with van der Waals surface area (Å²) >= 11 is 0. The summed E-state index contributed by atoms with van der Waals surface area (Å²) in [6.07, 6.45) is 11.2. The molecule has 0 spiro atoms. The first kappa shape index (κ1) is 35.7. The minimum absolute atomic E-state index is 0.127. The topological polar surface area (TPSA) is 156 Å². The van der Waals surface area contributed by atoms with Crippen molar-refractivity contribution in [2.24, 2.45) is 0 Å². The molecule has 238 valence electrons. The Morgan fingerprint density at radius 1 is 0.476 bits per heavy atom. The first-order valence-corrected chi connectivity index (χ1v) is 17.9. The molecule has 0 aliphatic heterocycles. The predicted molar refractivity (Wildman–Crippen MR) is 164 cm³/mol. The van der Waals surface area contributed by atoms with Crippen molar-refractivity contribution in [1.29, 1.82) is 0 Å². The van der Waals surface area contributed by atoms with Crippen LogP contribution in [-0.4, -0.2) is 72.1 Å². The van der Waals surface area contributed by atoms with Crippen LogP contribution in [0.3, 0.4) is 0 Å². The summed E-state index contributed by atoms with van der Waals surface area (Å²) in [6.45, 7) is 4.32. The van der Waals surface area contributed by atoms with Gasteiger partial charge in [-0.1, -0.05) is 78.1 Å². The van der Waals surface area contributed by atoms with Gasteiger partial charge in [-0.15, -0.1) is 0 Å². The first-order valence-electron chi connectivity index (χ1n) is 15.0. The van der Waals surface area contributed by atoms with E-state index in [0.717, 1.165) is 88.5 Å². The monoisotopic (exact) mass is 628 g/mol. The second-order valence-electron chi connectivity index (χ2n) is 10.6. The number of rotatable bonds is 21. The standard InChI is InChI=1S/C30H48N2O8S2/c1-3-5-7-9-11-13-19-31(41(37,38)25-15-17-27(33)29(35)23-25)21-22-32(20-14-12-10-8-6-4-2)42(39,40)26-16-18-28(34)30(36)24-26/h15-18,23-24,33-36H,3-14,19-22H2,1-2H3. The highest BCUT2D eigenvalue weighted by atomic mass is 32.2. The number of phenolic OH excluding ortho intramolecular Hbond substituents is 4. The molecular weight excluding hydrogens is 580 g/mol. The summed E-state index contributed by atoms with van der Waals surface area (Å²) in [5, 5.41) is 39.3. The molecule has 4 N–H and O–H groups in total. The number of hydrogen-bond donors (Lipinski definition) is 4. The summed E-state index contributed by atoms with van der Waals surface area (Å²) in [6, 6.07) is 6.62. The second kappa shape index (κ2) is 17.5. The molecule has 12 heteroatoms. The summed E-state index contributed by atoms with van der Waals surface area (Å²) in [5.74, 6) is -2.00. The Kier molecular flexibility index (Phi) is 14.9. The van der Waals surface area contributed by atoms with Crippen LogP contribution >= 0.6 is 0 Å². The van der Waals surface area contributed by atoms with Crippen molar-refractivity contribution in [2.75, 3.05) is 26.2 Å². The molecule has 2 aromatic rings. The Morgan fingerprint density at radius 2 is 0.810 bits per heavy atom. The molecule has 0 saturated carbocycles. The van der Waals surface area contributed by atoms with Crippen molar-refractivity contribution >= 4 is 20.0 Å². The molecule has 0 bridgehead atoms. The molecule has 42 heavy (non-hydrogen) atoms. The highest BCUT2D eigenvalue weighted by Gasteiger charge is 2.30. The number of sulfonamides is 2. The molecule has 0 aliphatic rings. The lowest BCUT2D eigenvalue weighted by Crippen LogP contribution is -2.42. The number of nitrogens with zero attached hydrogens (tertiary/aromatic N) is 2. The Hall–Kier alpha value is -2.54. The van der Waals surface area contributed by atoms with Crippen LogP contribution in [0.4, 0.5) is 0 Å². The number of benzene rings is 2. The van der Waals surface area contributed by atoms with Crippen LogP contribution in [0.2, 0.25) is 0 Å². The molecule has 0 amide bonds. The van der Waals surface area contributed by atoms with Crippen LogP contribution in [0, 0.1) is 0 Å². The third-order valence-corrected chi connectivity index (χ3v) is 11.1. The van der Waals surface area contributed by atoms with Crippen molar-refractivity contribution in [3.05, 3.63) is 36.4 Å². The average Bonchev–Trinajstić information content (AvgIpc) is 2.95. The van der Waals surface area contributed by atoms with Gasteiger partial charge in [-0.3, -0.25) is 0 Å². The molecule has 0 aliphatic carbocycles. The Labute approximate surface area is 251 Å². The molecule has 0 heterocycles. The van der Waals surface area contributed by atoms with Crippen LogP contribution < -0.4 is 0 Å². The van der Waals surface area contributed by atoms with Crippen molar-refractivity contribution in [3.8, 4) is 23.0 Å². The van der Waals surface area contributed by atoms with Gasteiger partial charge in [0, 0.05) is 38.3 Å². The van der Waals surface area contributed by atoms with E-state index in [1.165, 1.54) is 20.7 Å². The molecule has 2 aromatic carbocycles. The fourth-order valence-corrected chi connectivity index (χ4v) is 7.67. The minimum Gasteiger partial charge on any atom is -0.504 e. The highest BCUT2D eigenvalue weighted by Crippen LogP contribution is 2.30. The van der Waals surface area contributed by atoms with Crippen molar-refractivity contribution in [3.63, 3.8) is 0 Å². The van der Waals surface area contributed by atoms with Gasteiger partial charge in [0.2, 0.25) is 20.0 Å². The van der Waals surface area contributed by atoms with Gasteiger partial charge < -0.3 is 20.4 Å². The van der Waals surface area contributed by atoms with Crippen molar-refractivity contribution < 1.29 is 37.3 Å². The molecular formula is C30H48N2O8S2. The lowest BCUT2D eigenvalue weighted by molar-refractivity contribution is 0.332. The molecule has 0 fully saturated rings. The van der Waals surface area contributed by atoms with E-state index in [0.29, 0.717) is 12.8 Å². The van der Waals surface area contributed by atoms with E-state index in [1.807, 2.05) is 0 Å². The Morgan fingerprint density at radius 3 is 1.14 bits per heavy atom. The summed E-state index contributed by atoms with van der Waals surface area (Å²) < 4.78 is 57.0. The molecule has 0 aromatic heterocycles. The zero-order valence-electron chi connectivity index (χ0n) is 24.9. The Bertz CT molecular complexity index is 1220. The number of unbranched alkanes of at least 4 members (excludes halogenated alkanes) is 10. The van der Waals surface area contributed by atoms with E-state index in [-0.39, 0.29) is 36.0 Å². The van der Waals surface area contributed by atoms with E-state index in [9.17, 15) is 37.3 Å². The van der Waals surface area contributed by atoms with E-state index < -0.39 is 43.0 Å². The van der Waals surface area contributed by atoms with Crippen LogP contribution in [-0.2, 0) is 20.0 Å². The third-order valence-electron chi connectivity index (χ3n) is 7.29. The quantitative estimate of drug-likeness (QED) is 0.0982. The van der Waals surface area contributed by atoms with Crippen molar-refractivity contribution in [1.82, 2.24) is 8.61 Å². The van der Waals surface area contributed by atoms with Crippen LogP contribution in [0.1, 0.15) is 90.9 Å². The SMILES string of the molecule is CCCCCCCCN(CCN(CCCCCCCC)S(=O)(=O)c1ccc(O)c(O)c1)S(=O)(=O)c1ccc(O)c(O)c1.